The van der Waals surface area contributed by atoms with Gasteiger partial charge >= 0.3 is 0 Å². The second-order valence-corrected chi connectivity index (χ2v) is 11.2. The van der Waals surface area contributed by atoms with E-state index in [1.54, 1.807) is 18.2 Å². The molecule has 0 aliphatic carbocycles. The monoisotopic (exact) mass is 453 g/mol. The first-order chi connectivity index (χ1) is 13.5. The molecule has 0 unspecified atom stereocenters. The van der Waals surface area contributed by atoms with E-state index in [4.69, 9.17) is 0 Å². The van der Waals surface area contributed by atoms with Crippen molar-refractivity contribution < 1.29 is 21.6 Å². The highest BCUT2D eigenvalue weighted by atomic mass is 32.2. The van der Waals surface area contributed by atoms with Crippen molar-refractivity contribution in [1.82, 2.24) is 9.71 Å². The number of aromatic nitrogens is 1. The van der Waals surface area contributed by atoms with Gasteiger partial charge in [0, 0.05) is 19.2 Å². The van der Waals surface area contributed by atoms with E-state index < -0.39 is 25.8 Å². The van der Waals surface area contributed by atoms with E-state index >= 15 is 0 Å². The van der Waals surface area contributed by atoms with Gasteiger partial charge in [0.25, 0.3) is 0 Å². The van der Waals surface area contributed by atoms with Crippen molar-refractivity contribution in [3.8, 4) is 0 Å². The molecule has 0 radical (unpaired) electrons. The molecule has 11 heteroatoms. The standard InChI is InChI=1S/C18H19N3O5S3/c1-12-3-5-13(6-4-12)29(25,26)19-10-9-17(22)21-18-20-15-8-7-14(28(2,23)24)11-16(15)27-18/h3-8,11,19H,9-10H2,1-2H3,(H,20,21,22). The van der Waals surface area contributed by atoms with Crippen LogP contribution in [0.25, 0.3) is 10.2 Å². The summed E-state index contributed by atoms with van der Waals surface area (Å²) in [5, 5.41) is 2.92. The Hall–Kier alpha value is -2.34. The third-order valence-corrected chi connectivity index (χ3v) is 7.53. The van der Waals surface area contributed by atoms with Gasteiger partial charge in [-0.1, -0.05) is 29.0 Å². The number of fused-ring (bicyclic) bond motifs is 1. The SMILES string of the molecule is Cc1ccc(S(=O)(=O)NCCC(=O)Nc2nc3ccc(S(C)(=O)=O)cc3s2)cc1. The first-order valence-corrected chi connectivity index (χ1v) is 12.7. The zero-order valence-corrected chi connectivity index (χ0v) is 18.1. The Morgan fingerprint density at radius 3 is 2.34 bits per heavy atom. The fourth-order valence-corrected chi connectivity index (χ4v) is 5.15. The molecule has 29 heavy (non-hydrogen) atoms. The molecular formula is C18H19N3O5S3. The minimum absolute atomic E-state index is 0.0643. The van der Waals surface area contributed by atoms with Crippen LogP contribution in [0.5, 0.6) is 0 Å². The van der Waals surface area contributed by atoms with Gasteiger partial charge in [0.05, 0.1) is 20.0 Å². The van der Waals surface area contributed by atoms with E-state index in [2.05, 4.69) is 15.0 Å². The number of aryl methyl sites for hydroxylation is 1. The zero-order valence-electron chi connectivity index (χ0n) is 15.7. The molecule has 3 rings (SSSR count). The topological polar surface area (TPSA) is 122 Å². The van der Waals surface area contributed by atoms with Crippen molar-refractivity contribution in [3.63, 3.8) is 0 Å². The van der Waals surface area contributed by atoms with Crippen LogP contribution < -0.4 is 10.0 Å². The molecular weight excluding hydrogens is 434 g/mol. The smallest absolute Gasteiger partial charge is 0.240 e. The van der Waals surface area contributed by atoms with Gasteiger partial charge in [0.15, 0.2) is 15.0 Å². The summed E-state index contributed by atoms with van der Waals surface area (Å²) in [4.78, 5) is 16.7. The van der Waals surface area contributed by atoms with E-state index in [1.807, 2.05) is 6.92 Å². The fraction of sp³-hybridized carbons (Fsp3) is 0.222. The van der Waals surface area contributed by atoms with E-state index in [9.17, 15) is 21.6 Å². The van der Waals surface area contributed by atoms with Crippen LogP contribution in [0.1, 0.15) is 12.0 Å². The summed E-state index contributed by atoms with van der Waals surface area (Å²) in [6.07, 6.45) is 1.05. The Labute approximate surface area is 173 Å². The average Bonchev–Trinajstić information content (AvgIpc) is 3.02. The number of anilines is 1. The maximum absolute atomic E-state index is 12.2. The molecule has 0 fully saturated rings. The molecule has 0 saturated carbocycles. The van der Waals surface area contributed by atoms with Crippen LogP contribution in [0.2, 0.25) is 0 Å². The van der Waals surface area contributed by atoms with Gasteiger partial charge in [-0.15, -0.1) is 0 Å². The van der Waals surface area contributed by atoms with Crippen molar-refractivity contribution in [2.24, 2.45) is 0 Å². The summed E-state index contributed by atoms with van der Waals surface area (Å²) in [6, 6.07) is 10.9. The Bertz CT molecular complexity index is 1260. The highest BCUT2D eigenvalue weighted by molar-refractivity contribution is 7.90. The number of hydrogen-bond acceptors (Lipinski definition) is 7. The lowest BCUT2D eigenvalue weighted by Gasteiger charge is -2.07. The summed E-state index contributed by atoms with van der Waals surface area (Å²) >= 11 is 1.15. The van der Waals surface area contributed by atoms with Gasteiger partial charge in [0.2, 0.25) is 15.9 Å². The number of nitrogens with zero attached hydrogens (tertiary/aromatic N) is 1. The molecule has 0 spiro atoms. The average molecular weight is 454 g/mol. The fourth-order valence-electron chi connectivity index (χ4n) is 2.47. The van der Waals surface area contributed by atoms with Crippen molar-refractivity contribution in [2.75, 3.05) is 18.1 Å². The van der Waals surface area contributed by atoms with Crippen LogP contribution in [0.3, 0.4) is 0 Å². The second-order valence-electron chi connectivity index (χ2n) is 6.43. The molecule has 1 heterocycles. The molecule has 0 aliphatic rings. The van der Waals surface area contributed by atoms with E-state index in [-0.39, 0.29) is 22.8 Å². The minimum Gasteiger partial charge on any atom is -0.302 e. The number of sulfone groups is 1. The lowest BCUT2D eigenvalue weighted by molar-refractivity contribution is -0.116. The van der Waals surface area contributed by atoms with Gasteiger partial charge in [-0.25, -0.2) is 26.5 Å². The van der Waals surface area contributed by atoms with Crippen LogP contribution in [0, 0.1) is 6.92 Å². The number of rotatable bonds is 7. The van der Waals surface area contributed by atoms with Crippen LogP contribution in [0.4, 0.5) is 5.13 Å². The summed E-state index contributed by atoms with van der Waals surface area (Å²) in [5.74, 6) is -0.404. The number of carbonyl (C=O) groups excluding carboxylic acids is 1. The molecule has 0 bridgehead atoms. The predicted molar refractivity (Wildman–Crippen MR) is 112 cm³/mol. The summed E-state index contributed by atoms with van der Waals surface area (Å²) in [6.45, 7) is 1.79. The number of carbonyl (C=O) groups is 1. The lowest BCUT2D eigenvalue weighted by Crippen LogP contribution is -2.27. The highest BCUT2D eigenvalue weighted by Gasteiger charge is 2.15. The van der Waals surface area contributed by atoms with E-state index in [1.165, 1.54) is 24.3 Å². The van der Waals surface area contributed by atoms with Crippen molar-refractivity contribution in [3.05, 3.63) is 48.0 Å². The molecule has 1 amide bonds. The first kappa shape index (κ1) is 21.4. The molecule has 8 nitrogen and oxygen atoms in total. The molecule has 0 saturated heterocycles. The second kappa shape index (κ2) is 8.19. The molecule has 1 aromatic heterocycles. The van der Waals surface area contributed by atoms with Gasteiger partial charge in [-0.2, -0.15) is 0 Å². The van der Waals surface area contributed by atoms with E-state index in [0.29, 0.717) is 15.3 Å². The third kappa shape index (κ3) is 5.38. The van der Waals surface area contributed by atoms with Crippen molar-refractivity contribution in [2.45, 2.75) is 23.1 Å². The number of hydrogen-bond donors (Lipinski definition) is 2. The van der Waals surface area contributed by atoms with Crippen LogP contribution in [0.15, 0.2) is 52.3 Å². The number of benzene rings is 2. The van der Waals surface area contributed by atoms with Gasteiger partial charge in [-0.3, -0.25) is 4.79 Å². The van der Waals surface area contributed by atoms with Gasteiger partial charge in [-0.05, 0) is 37.3 Å². The molecule has 0 aliphatic heterocycles. The van der Waals surface area contributed by atoms with Gasteiger partial charge in [0.1, 0.15) is 0 Å². The molecule has 2 N–H and O–H groups in total. The minimum atomic E-state index is -3.68. The van der Waals surface area contributed by atoms with Crippen LogP contribution in [-0.2, 0) is 24.7 Å². The quantitative estimate of drug-likeness (QED) is 0.566. The largest absolute Gasteiger partial charge is 0.302 e. The van der Waals surface area contributed by atoms with Crippen LogP contribution >= 0.6 is 11.3 Å². The van der Waals surface area contributed by atoms with E-state index in [0.717, 1.165) is 23.2 Å². The molecule has 3 aromatic rings. The maximum Gasteiger partial charge on any atom is 0.240 e. The predicted octanol–water partition coefficient (Wildman–Crippen LogP) is 2.32. The van der Waals surface area contributed by atoms with Crippen molar-refractivity contribution >= 4 is 52.5 Å². The number of sulfonamides is 1. The first-order valence-electron chi connectivity index (χ1n) is 8.51. The molecule has 0 atom stereocenters. The van der Waals surface area contributed by atoms with Crippen molar-refractivity contribution in [1.29, 1.82) is 0 Å². The Kier molecular flexibility index (Phi) is 6.03. The highest BCUT2D eigenvalue weighted by Crippen LogP contribution is 2.28. The normalized spacial score (nSPS) is 12.2. The third-order valence-electron chi connectivity index (χ3n) is 4.01. The summed E-state index contributed by atoms with van der Waals surface area (Å²) in [5.41, 5.74) is 1.51. The van der Waals surface area contributed by atoms with Crippen LogP contribution in [-0.4, -0.2) is 40.5 Å². The lowest BCUT2D eigenvalue weighted by atomic mass is 10.2. The van der Waals surface area contributed by atoms with Gasteiger partial charge < -0.3 is 5.32 Å². The summed E-state index contributed by atoms with van der Waals surface area (Å²) in [7, 11) is -7.02. The number of nitrogens with one attached hydrogen (secondary N) is 2. The Morgan fingerprint density at radius 1 is 1.03 bits per heavy atom. The molecule has 154 valence electrons. The Morgan fingerprint density at radius 2 is 1.69 bits per heavy atom. The summed E-state index contributed by atoms with van der Waals surface area (Å²) < 4.78 is 50.7. The Balaban J connectivity index is 1.60. The maximum atomic E-state index is 12.2. The molecule has 2 aromatic carbocycles. The zero-order chi connectivity index (χ0) is 21.2. The number of amides is 1. The number of thiazole rings is 1.